The average molecular weight is 438 g/mol. The lowest BCUT2D eigenvalue weighted by Crippen LogP contribution is -2.45. The molecule has 9 heteroatoms. The van der Waals surface area contributed by atoms with Crippen LogP contribution in [0.3, 0.4) is 0 Å². The van der Waals surface area contributed by atoms with Crippen molar-refractivity contribution in [2.75, 3.05) is 26.0 Å². The fourth-order valence-corrected chi connectivity index (χ4v) is 4.13. The molecule has 4 rings (SSSR count). The number of carbonyl (C=O) groups is 2. The van der Waals surface area contributed by atoms with E-state index in [1.165, 1.54) is 6.20 Å². The predicted octanol–water partition coefficient (Wildman–Crippen LogP) is 3.48. The molecule has 1 saturated carbocycles. The summed E-state index contributed by atoms with van der Waals surface area (Å²) >= 11 is 0. The number of nitrogens with one attached hydrogen (secondary N) is 3. The number of oxazole rings is 1. The minimum absolute atomic E-state index is 0.0602. The smallest absolute Gasteiger partial charge is 0.295 e. The van der Waals surface area contributed by atoms with Gasteiger partial charge in [0.25, 0.3) is 11.9 Å². The highest BCUT2D eigenvalue weighted by atomic mass is 16.5. The van der Waals surface area contributed by atoms with Crippen molar-refractivity contribution in [3.8, 4) is 11.5 Å². The van der Waals surface area contributed by atoms with E-state index in [9.17, 15) is 9.59 Å². The van der Waals surface area contributed by atoms with Gasteiger partial charge in [-0.25, -0.2) is 0 Å². The number of hydrogen-bond acceptors (Lipinski definition) is 7. The van der Waals surface area contributed by atoms with E-state index in [-0.39, 0.29) is 17.5 Å². The van der Waals surface area contributed by atoms with Gasteiger partial charge in [-0.2, -0.15) is 4.98 Å². The Morgan fingerprint density at radius 2 is 1.84 bits per heavy atom. The van der Waals surface area contributed by atoms with Crippen molar-refractivity contribution in [3.05, 3.63) is 42.2 Å². The van der Waals surface area contributed by atoms with E-state index in [4.69, 9.17) is 9.15 Å². The van der Waals surface area contributed by atoms with Crippen molar-refractivity contribution in [2.24, 2.45) is 5.41 Å². The van der Waals surface area contributed by atoms with Gasteiger partial charge >= 0.3 is 0 Å². The number of pyridine rings is 1. The molecular weight excluding hydrogens is 410 g/mol. The van der Waals surface area contributed by atoms with E-state index < -0.39 is 5.41 Å². The fraction of sp³-hybridized carbons (Fsp3) is 0.391. The lowest BCUT2D eigenvalue weighted by molar-refractivity contribution is -0.131. The van der Waals surface area contributed by atoms with E-state index in [1.54, 1.807) is 44.4 Å². The first kappa shape index (κ1) is 21.6. The quantitative estimate of drug-likeness (QED) is 0.518. The normalized spacial score (nSPS) is 15.2. The lowest BCUT2D eigenvalue weighted by atomic mass is 9.73. The van der Waals surface area contributed by atoms with Crippen LogP contribution in [0.15, 0.2) is 40.9 Å². The van der Waals surface area contributed by atoms with Crippen molar-refractivity contribution in [3.63, 3.8) is 0 Å². The number of aromatic nitrogens is 2. The SMILES string of the molecule is CNC(=O)c1cc(Oc2ccc3nc(NCC4(C(=O)NC)CCCCC4)oc3c2)ccn1. The Bertz CT molecular complexity index is 1120. The number of ether oxygens (including phenoxy) is 1. The van der Waals surface area contributed by atoms with Crippen LogP contribution in [0, 0.1) is 5.41 Å². The Balaban J connectivity index is 1.48. The molecule has 0 bridgehead atoms. The predicted molar refractivity (Wildman–Crippen MR) is 120 cm³/mol. The van der Waals surface area contributed by atoms with Crippen LogP contribution in [0.25, 0.3) is 11.1 Å². The zero-order chi connectivity index (χ0) is 22.6. The Labute approximate surface area is 185 Å². The van der Waals surface area contributed by atoms with E-state index in [0.717, 1.165) is 32.1 Å². The fourth-order valence-electron chi connectivity index (χ4n) is 4.13. The van der Waals surface area contributed by atoms with E-state index in [2.05, 4.69) is 25.9 Å². The number of anilines is 1. The molecule has 1 fully saturated rings. The Morgan fingerprint density at radius 1 is 1.06 bits per heavy atom. The molecule has 0 aliphatic heterocycles. The minimum Gasteiger partial charge on any atom is -0.457 e. The van der Waals surface area contributed by atoms with Gasteiger partial charge in [0.05, 0.1) is 5.41 Å². The van der Waals surface area contributed by atoms with E-state index in [0.29, 0.717) is 35.2 Å². The van der Waals surface area contributed by atoms with Gasteiger partial charge in [-0.3, -0.25) is 14.6 Å². The van der Waals surface area contributed by atoms with Gasteiger partial charge in [-0.1, -0.05) is 19.3 Å². The highest BCUT2D eigenvalue weighted by Gasteiger charge is 2.39. The molecule has 1 aromatic carbocycles. The van der Waals surface area contributed by atoms with Crippen molar-refractivity contribution < 1.29 is 18.7 Å². The molecule has 0 radical (unpaired) electrons. The monoisotopic (exact) mass is 437 g/mol. The average Bonchev–Trinajstić information content (AvgIpc) is 3.24. The molecule has 2 aromatic heterocycles. The van der Waals surface area contributed by atoms with Crippen LogP contribution in [-0.2, 0) is 4.79 Å². The second-order valence-electron chi connectivity index (χ2n) is 7.98. The molecular formula is C23H27N5O4. The summed E-state index contributed by atoms with van der Waals surface area (Å²) in [5, 5.41) is 8.57. The second-order valence-corrected chi connectivity index (χ2v) is 7.98. The lowest BCUT2D eigenvalue weighted by Gasteiger charge is -2.35. The molecule has 1 aliphatic carbocycles. The third-order valence-corrected chi connectivity index (χ3v) is 5.88. The van der Waals surface area contributed by atoms with Gasteiger partial charge in [-0.05, 0) is 31.0 Å². The summed E-state index contributed by atoms with van der Waals surface area (Å²) in [6.45, 7) is 0.474. The first-order chi connectivity index (χ1) is 15.5. The number of fused-ring (bicyclic) bond motifs is 1. The highest BCUT2D eigenvalue weighted by Crippen LogP contribution is 2.37. The molecule has 0 spiro atoms. The molecule has 3 N–H and O–H groups in total. The molecule has 0 atom stereocenters. The Hall–Kier alpha value is -3.62. The van der Waals surface area contributed by atoms with E-state index >= 15 is 0 Å². The topological polar surface area (TPSA) is 118 Å². The molecule has 0 saturated heterocycles. The van der Waals surface area contributed by atoms with Gasteiger partial charge in [0.1, 0.15) is 22.7 Å². The first-order valence-corrected chi connectivity index (χ1v) is 10.8. The molecule has 32 heavy (non-hydrogen) atoms. The Kier molecular flexibility index (Phi) is 6.25. The standard InChI is InChI=1S/C23H27N5O4/c1-24-20(29)18-12-16(8-11-26-18)31-15-6-7-17-19(13-15)32-22(28-17)27-14-23(21(30)25-2)9-4-3-5-10-23/h6-8,11-13H,3-5,9-10,14H2,1-2H3,(H,24,29)(H,25,30)(H,27,28). The number of rotatable bonds is 7. The maximum absolute atomic E-state index is 12.5. The maximum atomic E-state index is 12.5. The molecule has 3 aromatic rings. The maximum Gasteiger partial charge on any atom is 0.295 e. The largest absolute Gasteiger partial charge is 0.457 e. The van der Waals surface area contributed by atoms with Crippen LogP contribution >= 0.6 is 0 Å². The Morgan fingerprint density at radius 3 is 2.59 bits per heavy atom. The zero-order valence-electron chi connectivity index (χ0n) is 18.2. The van der Waals surface area contributed by atoms with Gasteiger partial charge in [0.15, 0.2) is 5.58 Å². The van der Waals surface area contributed by atoms with Crippen LogP contribution in [0.4, 0.5) is 6.01 Å². The van der Waals surface area contributed by atoms with Crippen LogP contribution in [-0.4, -0.2) is 42.4 Å². The minimum atomic E-state index is -0.439. The molecule has 2 amide bonds. The molecule has 0 unspecified atom stereocenters. The highest BCUT2D eigenvalue weighted by molar-refractivity contribution is 5.92. The summed E-state index contributed by atoms with van der Waals surface area (Å²) in [5.41, 5.74) is 1.07. The number of hydrogen-bond donors (Lipinski definition) is 3. The van der Waals surface area contributed by atoms with Gasteiger partial charge in [0.2, 0.25) is 5.91 Å². The summed E-state index contributed by atoms with van der Waals surface area (Å²) in [7, 11) is 3.23. The third kappa shape index (κ3) is 4.51. The van der Waals surface area contributed by atoms with Crippen molar-refractivity contribution in [1.29, 1.82) is 0 Å². The molecule has 1 aliphatic rings. The van der Waals surface area contributed by atoms with Crippen molar-refractivity contribution in [1.82, 2.24) is 20.6 Å². The van der Waals surface area contributed by atoms with Gasteiger partial charge < -0.3 is 25.1 Å². The summed E-state index contributed by atoms with van der Waals surface area (Å²) in [4.78, 5) is 32.8. The first-order valence-electron chi connectivity index (χ1n) is 10.8. The summed E-state index contributed by atoms with van der Waals surface area (Å²) in [5.74, 6) is 0.804. The zero-order valence-corrected chi connectivity index (χ0v) is 18.2. The number of benzene rings is 1. The summed E-state index contributed by atoms with van der Waals surface area (Å²) in [6.07, 6.45) is 6.46. The molecule has 2 heterocycles. The second kappa shape index (κ2) is 9.25. The number of amides is 2. The summed E-state index contributed by atoms with van der Waals surface area (Å²) in [6, 6.07) is 8.93. The van der Waals surface area contributed by atoms with Crippen molar-refractivity contribution in [2.45, 2.75) is 32.1 Å². The van der Waals surface area contributed by atoms with Crippen LogP contribution in [0.2, 0.25) is 0 Å². The third-order valence-electron chi connectivity index (χ3n) is 5.88. The number of carbonyl (C=O) groups excluding carboxylic acids is 2. The molecule has 168 valence electrons. The van der Waals surface area contributed by atoms with Crippen LogP contribution in [0.5, 0.6) is 11.5 Å². The number of nitrogens with zero attached hydrogens (tertiary/aromatic N) is 2. The van der Waals surface area contributed by atoms with Crippen LogP contribution in [0.1, 0.15) is 42.6 Å². The van der Waals surface area contributed by atoms with Crippen molar-refractivity contribution >= 4 is 28.9 Å². The van der Waals surface area contributed by atoms with Gasteiger partial charge in [0, 0.05) is 39.0 Å². The molecule has 9 nitrogen and oxygen atoms in total. The van der Waals surface area contributed by atoms with Crippen LogP contribution < -0.4 is 20.7 Å². The van der Waals surface area contributed by atoms with Gasteiger partial charge in [-0.15, -0.1) is 0 Å². The van der Waals surface area contributed by atoms with E-state index in [1.807, 2.05) is 0 Å². The summed E-state index contributed by atoms with van der Waals surface area (Å²) < 4.78 is 11.7.